The van der Waals surface area contributed by atoms with Gasteiger partial charge in [-0.15, -0.1) is 0 Å². The molecule has 4 heterocycles. The topological polar surface area (TPSA) is 124 Å². The summed E-state index contributed by atoms with van der Waals surface area (Å²) in [7, 11) is 0. The summed E-state index contributed by atoms with van der Waals surface area (Å²) in [5.41, 5.74) is 2.05. The first-order chi connectivity index (χ1) is 25.3. The van der Waals surface area contributed by atoms with Gasteiger partial charge in [0.15, 0.2) is 0 Å². The van der Waals surface area contributed by atoms with Crippen LogP contribution in [0.5, 0.6) is 11.5 Å². The predicted octanol–water partition coefficient (Wildman–Crippen LogP) is 5.96. The zero-order valence-electron chi connectivity index (χ0n) is 30.3. The molecule has 8 rings (SSSR count). The number of phenolic OH excluding ortho intramolecular Hbond substituents is 1. The minimum atomic E-state index is -0.908. The Hall–Kier alpha value is -3.73. The van der Waals surface area contributed by atoms with Crippen molar-refractivity contribution in [2.24, 2.45) is 11.8 Å². The van der Waals surface area contributed by atoms with Crippen molar-refractivity contribution in [3.8, 4) is 11.5 Å². The molecule has 0 amide bonds. The minimum absolute atomic E-state index is 0.0118. The number of aryl methyl sites for hydroxylation is 1. The Kier molecular flexibility index (Phi) is 11.6. The lowest BCUT2D eigenvalue weighted by atomic mass is 9.80. The molecule has 0 spiro atoms. The summed E-state index contributed by atoms with van der Waals surface area (Å²) < 4.78 is 14.0. The number of phenols is 1. The number of quaternary nitrogens is 1. The minimum Gasteiger partial charge on any atom is -0.506 e. The van der Waals surface area contributed by atoms with Crippen LogP contribution in [0.25, 0.3) is 10.9 Å². The number of pyridine rings is 1. The maximum absolute atomic E-state index is 12.0. The number of rotatable bonds is 17. The van der Waals surface area contributed by atoms with Gasteiger partial charge in [-0.1, -0.05) is 61.4 Å². The van der Waals surface area contributed by atoms with Crippen LogP contribution in [0, 0.1) is 11.8 Å². The number of piperidine rings is 3. The Morgan fingerprint density at radius 3 is 2.46 bits per heavy atom. The van der Waals surface area contributed by atoms with Gasteiger partial charge in [0.25, 0.3) is 0 Å². The number of aliphatic hydroxyl groups excluding tert-OH is 1. The van der Waals surface area contributed by atoms with Crippen LogP contribution in [0.15, 0.2) is 83.7 Å². The lowest BCUT2D eigenvalue weighted by molar-refractivity contribution is -0.946. The number of aromatic amines is 1. The standard InChI is InChI=1S/C43H55N3O6/c47-38-19-17-36(37-18-20-41(49)45-42(37)38)39(48)28-44-23-6-8-31-13-15-35(16-14-31)51-27-7-24-46-25-21-32(22-26-46)40(29-46)52-30-43(50,34-11-4-5-12-34)33-9-2-1-3-10-33/h1-3,9-10,13-20,32,34,39-40,44,48,50H,4-8,11-12,21-30H2,(H-,45,47,49)/p+1/t32?,39-,40-,43+,46?/m0/s1. The summed E-state index contributed by atoms with van der Waals surface area (Å²) in [5, 5.41) is 36.9. The van der Waals surface area contributed by atoms with Crippen LogP contribution in [0.4, 0.5) is 0 Å². The largest absolute Gasteiger partial charge is 0.506 e. The second-order valence-electron chi connectivity index (χ2n) is 15.6. The number of hydrogen-bond donors (Lipinski definition) is 5. The first-order valence-electron chi connectivity index (χ1n) is 19.5. The van der Waals surface area contributed by atoms with Crippen molar-refractivity contribution < 1.29 is 29.3 Å². The van der Waals surface area contributed by atoms with E-state index >= 15 is 0 Å². The van der Waals surface area contributed by atoms with E-state index in [1.165, 1.54) is 56.5 Å². The quantitative estimate of drug-likeness (QED) is 0.0677. The van der Waals surface area contributed by atoms with E-state index in [9.17, 15) is 20.1 Å². The number of aromatic hydroxyl groups is 1. The van der Waals surface area contributed by atoms with Crippen molar-refractivity contribution in [2.75, 3.05) is 52.5 Å². The van der Waals surface area contributed by atoms with Gasteiger partial charge in [-0.25, -0.2) is 0 Å². The summed E-state index contributed by atoms with van der Waals surface area (Å²) in [4.78, 5) is 14.3. The number of aliphatic hydroxyl groups is 2. The van der Waals surface area contributed by atoms with Gasteiger partial charge in [-0.2, -0.15) is 0 Å². The van der Waals surface area contributed by atoms with E-state index in [0.717, 1.165) is 67.5 Å². The maximum Gasteiger partial charge on any atom is 0.248 e. The van der Waals surface area contributed by atoms with Crippen LogP contribution in [0.1, 0.15) is 74.2 Å². The van der Waals surface area contributed by atoms with Gasteiger partial charge < -0.3 is 39.6 Å². The third-order valence-electron chi connectivity index (χ3n) is 12.3. The highest BCUT2D eigenvalue weighted by atomic mass is 16.5. The summed E-state index contributed by atoms with van der Waals surface area (Å²) >= 11 is 0. The third-order valence-corrected chi connectivity index (χ3v) is 12.3. The molecular formula is C43H56N3O6+. The fraction of sp³-hybridized carbons (Fsp3) is 0.512. The molecule has 52 heavy (non-hydrogen) atoms. The van der Waals surface area contributed by atoms with E-state index in [1.54, 1.807) is 12.1 Å². The SMILES string of the molecule is O=c1ccc2c([C@@H](O)CNCCCc3ccc(OCCC[N+]45CCC(CC4)[C@@H](OC[C@@](O)(c4ccccc4)C4CCCC4)C5)cc3)ccc(O)c2[nH]1. The monoisotopic (exact) mass is 710 g/mol. The number of nitrogens with zero attached hydrogens (tertiary/aromatic N) is 1. The smallest absolute Gasteiger partial charge is 0.248 e. The number of hydrogen-bond acceptors (Lipinski definition) is 7. The molecule has 5 N–H and O–H groups in total. The second-order valence-corrected chi connectivity index (χ2v) is 15.6. The Bertz CT molecular complexity index is 1800. The van der Waals surface area contributed by atoms with Crippen molar-refractivity contribution >= 4 is 10.9 Å². The molecule has 1 saturated carbocycles. The molecule has 2 bridgehead atoms. The highest BCUT2D eigenvalue weighted by Gasteiger charge is 2.48. The van der Waals surface area contributed by atoms with Crippen molar-refractivity contribution in [3.63, 3.8) is 0 Å². The number of ether oxygens (including phenoxy) is 2. The van der Waals surface area contributed by atoms with Gasteiger partial charge in [0.1, 0.15) is 29.7 Å². The van der Waals surface area contributed by atoms with Gasteiger partial charge in [-0.3, -0.25) is 4.79 Å². The van der Waals surface area contributed by atoms with Crippen LogP contribution >= 0.6 is 0 Å². The Morgan fingerprint density at radius 1 is 0.923 bits per heavy atom. The molecule has 0 radical (unpaired) electrons. The van der Waals surface area contributed by atoms with Gasteiger partial charge in [-0.05, 0) is 79.1 Å². The molecule has 9 heteroatoms. The van der Waals surface area contributed by atoms with E-state index in [0.29, 0.717) is 42.1 Å². The van der Waals surface area contributed by atoms with Crippen LogP contribution in [-0.2, 0) is 16.8 Å². The zero-order chi connectivity index (χ0) is 36.0. The van der Waals surface area contributed by atoms with E-state index < -0.39 is 11.7 Å². The van der Waals surface area contributed by atoms with Crippen LogP contribution in [0.3, 0.4) is 0 Å². The second kappa shape index (κ2) is 16.5. The van der Waals surface area contributed by atoms with E-state index in [1.807, 2.05) is 18.2 Å². The molecule has 3 atom stereocenters. The summed E-state index contributed by atoms with van der Waals surface area (Å²) in [6.45, 7) is 6.79. The fourth-order valence-electron chi connectivity index (χ4n) is 9.18. The first-order valence-corrected chi connectivity index (χ1v) is 19.5. The third kappa shape index (κ3) is 8.40. The fourth-order valence-corrected chi connectivity index (χ4v) is 9.18. The number of aromatic nitrogens is 1. The van der Waals surface area contributed by atoms with Crippen LogP contribution in [-0.4, -0.2) is 83.4 Å². The van der Waals surface area contributed by atoms with Gasteiger partial charge in [0, 0.05) is 43.2 Å². The lowest BCUT2D eigenvalue weighted by Gasteiger charge is -2.53. The Morgan fingerprint density at radius 2 is 1.69 bits per heavy atom. The van der Waals surface area contributed by atoms with Crippen molar-refractivity contribution in [3.05, 3.63) is 106 Å². The van der Waals surface area contributed by atoms with Gasteiger partial charge in [0.2, 0.25) is 5.56 Å². The molecule has 3 aliphatic heterocycles. The van der Waals surface area contributed by atoms with Crippen LogP contribution in [0.2, 0.25) is 0 Å². The molecule has 3 aromatic carbocycles. The molecule has 1 aliphatic carbocycles. The highest BCUT2D eigenvalue weighted by molar-refractivity contribution is 5.87. The molecule has 9 nitrogen and oxygen atoms in total. The van der Waals surface area contributed by atoms with Crippen LogP contribution < -0.4 is 15.6 Å². The summed E-state index contributed by atoms with van der Waals surface area (Å²) in [6, 6.07) is 24.9. The highest BCUT2D eigenvalue weighted by Crippen LogP contribution is 2.43. The molecule has 4 aromatic rings. The van der Waals surface area contributed by atoms with E-state index in [4.69, 9.17) is 9.47 Å². The Balaban J connectivity index is 0.818. The molecule has 278 valence electrons. The van der Waals surface area contributed by atoms with Crippen molar-refractivity contribution in [2.45, 2.75) is 75.6 Å². The predicted molar refractivity (Wildman–Crippen MR) is 203 cm³/mol. The molecule has 0 unspecified atom stereocenters. The molecule has 4 fully saturated rings. The van der Waals surface area contributed by atoms with E-state index in [-0.39, 0.29) is 23.3 Å². The van der Waals surface area contributed by atoms with Gasteiger partial charge >= 0.3 is 0 Å². The Labute approximate surface area is 307 Å². The van der Waals surface area contributed by atoms with Crippen molar-refractivity contribution in [1.82, 2.24) is 10.3 Å². The average molecular weight is 711 g/mol. The average Bonchev–Trinajstić information content (AvgIpc) is 3.73. The van der Waals surface area contributed by atoms with Crippen molar-refractivity contribution in [1.29, 1.82) is 0 Å². The normalized spacial score (nSPS) is 23.5. The first kappa shape index (κ1) is 36.6. The molecule has 3 saturated heterocycles. The van der Waals surface area contributed by atoms with E-state index in [2.05, 4.69) is 46.7 Å². The van der Waals surface area contributed by atoms with Gasteiger partial charge in [0.05, 0.1) is 44.5 Å². The number of fused-ring (bicyclic) bond motifs is 4. The number of nitrogens with one attached hydrogen (secondary N) is 2. The zero-order valence-corrected chi connectivity index (χ0v) is 30.3. The summed E-state index contributed by atoms with van der Waals surface area (Å²) in [5.74, 6) is 1.75. The molecular weight excluding hydrogens is 654 g/mol. The number of H-pyrrole nitrogens is 1. The summed E-state index contributed by atoms with van der Waals surface area (Å²) in [6.07, 6.45) is 9.23. The molecule has 4 aliphatic rings. The molecule has 1 aromatic heterocycles. The number of benzene rings is 3. The maximum atomic E-state index is 12.0. The lowest BCUT2D eigenvalue weighted by Crippen LogP contribution is -2.65.